The van der Waals surface area contributed by atoms with Gasteiger partial charge in [0.15, 0.2) is 0 Å². The Hall–Kier alpha value is -1.04. The molecule has 0 aliphatic carbocycles. The quantitative estimate of drug-likeness (QED) is 0.650. The molecule has 0 bridgehead atoms. The Morgan fingerprint density at radius 2 is 1.92 bits per heavy atom. The molecule has 1 atom stereocenters. The Bertz CT molecular complexity index is 192. The lowest BCUT2D eigenvalue weighted by molar-refractivity contribution is -0.133. The predicted molar refractivity (Wildman–Crippen MR) is 51.9 cm³/mol. The van der Waals surface area contributed by atoms with Crippen LogP contribution in [-0.4, -0.2) is 23.9 Å². The van der Waals surface area contributed by atoms with Gasteiger partial charge >= 0.3 is 0 Å². The third kappa shape index (κ3) is 3.45. The highest BCUT2D eigenvalue weighted by atomic mass is 16.2. The number of hydrogen-bond acceptors (Lipinski definition) is 2. The van der Waals surface area contributed by atoms with E-state index in [1.807, 2.05) is 20.8 Å². The maximum absolute atomic E-state index is 11.6. The summed E-state index contributed by atoms with van der Waals surface area (Å²) in [5.74, 6) is -0.459. The van der Waals surface area contributed by atoms with Crippen molar-refractivity contribution in [3.8, 4) is 6.07 Å². The third-order valence-corrected chi connectivity index (χ3v) is 2.11. The van der Waals surface area contributed by atoms with Gasteiger partial charge in [-0.2, -0.15) is 5.26 Å². The first-order chi connectivity index (χ1) is 6.21. The van der Waals surface area contributed by atoms with Gasteiger partial charge in [0.1, 0.15) is 5.92 Å². The summed E-state index contributed by atoms with van der Waals surface area (Å²) < 4.78 is 0. The molecule has 1 amide bonds. The molecule has 0 aliphatic rings. The van der Waals surface area contributed by atoms with E-state index in [4.69, 9.17) is 5.26 Å². The van der Waals surface area contributed by atoms with Gasteiger partial charge in [-0.15, -0.1) is 0 Å². The Balaban J connectivity index is 4.27. The maximum atomic E-state index is 11.6. The van der Waals surface area contributed by atoms with Gasteiger partial charge in [-0.1, -0.05) is 13.3 Å². The van der Waals surface area contributed by atoms with Crippen LogP contribution in [0.15, 0.2) is 0 Å². The second kappa shape index (κ2) is 6.47. The molecular formula is C10H18N2O. The van der Waals surface area contributed by atoms with Gasteiger partial charge in [0, 0.05) is 13.1 Å². The van der Waals surface area contributed by atoms with Crippen LogP contribution in [0.3, 0.4) is 0 Å². The van der Waals surface area contributed by atoms with Crippen LogP contribution >= 0.6 is 0 Å². The Kier molecular flexibility index (Phi) is 5.96. The van der Waals surface area contributed by atoms with Gasteiger partial charge in [0.2, 0.25) is 5.91 Å². The van der Waals surface area contributed by atoms with E-state index in [0.29, 0.717) is 19.5 Å². The monoisotopic (exact) mass is 182 g/mol. The highest BCUT2D eigenvalue weighted by Crippen LogP contribution is 2.09. The SMILES string of the molecule is CCCC(C#N)C(=O)N(CC)CC. The van der Waals surface area contributed by atoms with Crippen molar-refractivity contribution in [1.82, 2.24) is 4.90 Å². The van der Waals surface area contributed by atoms with E-state index < -0.39 is 5.92 Å². The molecule has 3 heteroatoms. The number of nitrogens with zero attached hydrogens (tertiary/aromatic N) is 2. The Labute approximate surface area is 80.3 Å². The fraction of sp³-hybridized carbons (Fsp3) is 0.800. The van der Waals surface area contributed by atoms with Crippen LogP contribution in [0, 0.1) is 17.2 Å². The minimum atomic E-state index is -0.440. The van der Waals surface area contributed by atoms with Crippen LogP contribution in [0.4, 0.5) is 0 Å². The topological polar surface area (TPSA) is 44.1 Å². The molecule has 0 aromatic rings. The molecule has 0 spiro atoms. The highest BCUT2D eigenvalue weighted by molar-refractivity contribution is 5.81. The summed E-state index contributed by atoms with van der Waals surface area (Å²) in [5, 5.41) is 8.77. The normalized spacial score (nSPS) is 11.8. The predicted octanol–water partition coefficient (Wildman–Crippen LogP) is 1.79. The van der Waals surface area contributed by atoms with Crippen molar-refractivity contribution in [2.75, 3.05) is 13.1 Å². The Morgan fingerprint density at radius 1 is 1.38 bits per heavy atom. The van der Waals surface area contributed by atoms with Crippen molar-refractivity contribution in [2.24, 2.45) is 5.92 Å². The van der Waals surface area contributed by atoms with Gasteiger partial charge in [-0.25, -0.2) is 0 Å². The molecule has 0 aliphatic heterocycles. The second-order valence-electron chi connectivity index (χ2n) is 2.98. The van der Waals surface area contributed by atoms with Gasteiger partial charge in [0.05, 0.1) is 6.07 Å². The molecule has 74 valence electrons. The van der Waals surface area contributed by atoms with Crippen LogP contribution in [-0.2, 0) is 4.79 Å². The fourth-order valence-corrected chi connectivity index (χ4v) is 1.29. The zero-order valence-corrected chi connectivity index (χ0v) is 8.71. The van der Waals surface area contributed by atoms with E-state index in [2.05, 4.69) is 6.07 Å². The van der Waals surface area contributed by atoms with Crippen LogP contribution < -0.4 is 0 Å². The van der Waals surface area contributed by atoms with E-state index in [1.54, 1.807) is 4.90 Å². The number of nitriles is 1. The number of carbonyl (C=O) groups is 1. The third-order valence-electron chi connectivity index (χ3n) is 2.11. The number of rotatable bonds is 5. The first-order valence-electron chi connectivity index (χ1n) is 4.89. The van der Waals surface area contributed by atoms with Crippen LogP contribution in [0.5, 0.6) is 0 Å². The van der Waals surface area contributed by atoms with Gasteiger partial charge in [-0.3, -0.25) is 4.79 Å². The number of carbonyl (C=O) groups excluding carboxylic acids is 1. The van der Waals surface area contributed by atoms with Crippen LogP contribution in [0.25, 0.3) is 0 Å². The molecule has 0 rings (SSSR count). The summed E-state index contributed by atoms with van der Waals surface area (Å²) in [6.45, 7) is 7.23. The molecule has 0 saturated heterocycles. The average molecular weight is 182 g/mol. The molecule has 0 aromatic carbocycles. The fourth-order valence-electron chi connectivity index (χ4n) is 1.29. The highest BCUT2D eigenvalue weighted by Gasteiger charge is 2.20. The van der Waals surface area contributed by atoms with E-state index in [0.717, 1.165) is 6.42 Å². The first-order valence-corrected chi connectivity index (χ1v) is 4.89. The van der Waals surface area contributed by atoms with Crippen molar-refractivity contribution in [1.29, 1.82) is 5.26 Å². The van der Waals surface area contributed by atoms with Gasteiger partial charge in [-0.05, 0) is 20.3 Å². The molecule has 0 radical (unpaired) electrons. The van der Waals surface area contributed by atoms with E-state index in [1.165, 1.54) is 0 Å². The van der Waals surface area contributed by atoms with Crippen molar-refractivity contribution >= 4 is 5.91 Å². The number of amides is 1. The molecule has 0 fully saturated rings. The lowest BCUT2D eigenvalue weighted by Gasteiger charge is -2.21. The number of hydrogen-bond donors (Lipinski definition) is 0. The van der Waals surface area contributed by atoms with E-state index in [9.17, 15) is 4.79 Å². The standard InChI is InChI=1S/C10H18N2O/c1-4-7-9(8-11)10(13)12(5-2)6-3/h9H,4-7H2,1-3H3. The molecule has 0 N–H and O–H groups in total. The summed E-state index contributed by atoms with van der Waals surface area (Å²) >= 11 is 0. The molecule has 0 aromatic heterocycles. The summed E-state index contributed by atoms with van der Waals surface area (Å²) in [5.41, 5.74) is 0. The zero-order valence-electron chi connectivity index (χ0n) is 8.71. The molecule has 0 saturated carbocycles. The van der Waals surface area contributed by atoms with Crippen molar-refractivity contribution in [2.45, 2.75) is 33.6 Å². The van der Waals surface area contributed by atoms with Crippen molar-refractivity contribution in [3.63, 3.8) is 0 Å². The van der Waals surface area contributed by atoms with Crippen LogP contribution in [0.2, 0.25) is 0 Å². The molecule has 13 heavy (non-hydrogen) atoms. The Morgan fingerprint density at radius 3 is 2.23 bits per heavy atom. The molecule has 3 nitrogen and oxygen atoms in total. The van der Waals surface area contributed by atoms with Crippen LogP contribution in [0.1, 0.15) is 33.6 Å². The minimum absolute atomic E-state index is 0.0191. The van der Waals surface area contributed by atoms with Crippen molar-refractivity contribution in [3.05, 3.63) is 0 Å². The van der Waals surface area contributed by atoms with E-state index in [-0.39, 0.29) is 5.91 Å². The first kappa shape index (κ1) is 12.0. The van der Waals surface area contributed by atoms with Crippen molar-refractivity contribution < 1.29 is 4.79 Å². The zero-order chi connectivity index (χ0) is 10.3. The minimum Gasteiger partial charge on any atom is -0.342 e. The lowest BCUT2D eigenvalue weighted by atomic mass is 10.0. The van der Waals surface area contributed by atoms with Gasteiger partial charge in [0.25, 0.3) is 0 Å². The lowest BCUT2D eigenvalue weighted by Crippen LogP contribution is -2.35. The molecular weight excluding hydrogens is 164 g/mol. The van der Waals surface area contributed by atoms with E-state index >= 15 is 0 Å². The molecule has 0 heterocycles. The maximum Gasteiger partial charge on any atom is 0.239 e. The summed E-state index contributed by atoms with van der Waals surface area (Å²) in [6, 6.07) is 2.06. The average Bonchev–Trinajstić information content (AvgIpc) is 2.15. The summed E-state index contributed by atoms with van der Waals surface area (Å²) in [4.78, 5) is 13.3. The molecule has 1 unspecified atom stereocenters. The van der Waals surface area contributed by atoms with Gasteiger partial charge < -0.3 is 4.90 Å². The largest absolute Gasteiger partial charge is 0.342 e. The summed E-state index contributed by atoms with van der Waals surface area (Å²) in [7, 11) is 0. The smallest absolute Gasteiger partial charge is 0.239 e. The second-order valence-corrected chi connectivity index (χ2v) is 2.98. The summed E-state index contributed by atoms with van der Waals surface area (Å²) in [6.07, 6.45) is 1.55.